The fourth-order valence-electron chi connectivity index (χ4n) is 2.48. The molecule has 3 nitrogen and oxygen atoms in total. The summed E-state index contributed by atoms with van der Waals surface area (Å²) < 4.78 is 13.5. The van der Waals surface area contributed by atoms with Gasteiger partial charge in [0, 0.05) is 19.1 Å². The molecule has 1 saturated heterocycles. The van der Waals surface area contributed by atoms with Crippen molar-refractivity contribution in [2.24, 2.45) is 11.7 Å². The summed E-state index contributed by atoms with van der Waals surface area (Å²) in [4.78, 5) is 14.1. The monoisotopic (exact) mass is 318 g/mol. The van der Waals surface area contributed by atoms with Gasteiger partial charge in [-0.3, -0.25) is 4.79 Å². The Morgan fingerprint density at radius 3 is 2.80 bits per heavy atom. The highest BCUT2D eigenvalue weighted by Crippen LogP contribution is 2.27. The summed E-state index contributed by atoms with van der Waals surface area (Å²) in [5.41, 5.74) is 6.05. The van der Waals surface area contributed by atoms with Crippen LogP contribution in [-0.4, -0.2) is 29.9 Å². The summed E-state index contributed by atoms with van der Waals surface area (Å²) in [5.74, 6) is -0.639. The molecule has 2 atom stereocenters. The van der Waals surface area contributed by atoms with Gasteiger partial charge in [0.05, 0.1) is 15.6 Å². The van der Waals surface area contributed by atoms with Crippen molar-refractivity contribution in [3.05, 3.63) is 33.6 Å². The molecule has 1 heterocycles. The predicted molar refractivity (Wildman–Crippen MR) is 78.7 cm³/mol. The predicted octanol–water partition coefficient (Wildman–Crippen LogP) is 3.33. The summed E-state index contributed by atoms with van der Waals surface area (Å²) >= 11 is 11.6. The Labute approximate surface area is 127 Å². The van der Waals surface area contributed by atoms with E-state index in [2.05, 4.69) is 0 Å². The number of benzene rings is 1. The maximum absolute atomic E-state index is 13.5. The van der Waals surface area contributed by atoms with Crippen LogP contribution in [0.2, 0.25) is 10.0 Å². The van der Waals surface area contributed by atoms with Gasteiger partial charge in [0.25, 0.3) is 5.91 Å². The first kappa shape index (κ1) is 15.5. The van der Waals surface area contributed by atoms with E-state index < -0.39 is 5.82 Å². The second-order valence-corrected chi connectivity index (χ2v) is 6.07. The lowest BCUT2D eigenvalue weighted by molar-refractivity contribution is 0.0660. The van der Waals surface area contributed by atoms with Gasteiger partial charge in [-0.1, -0.05) is 23.2 Å². The molecule has 1 aromatic carbocycles. The Balaban J connectivity index is 2.21. The van der Waals surface area contributed by atoms with Crippen LogP contribution in [0, 0.1) is 11.7 Å². The van der Waals surface area contributed by atoms with Crippen LogP contribution in [-0.2, 0) is 0 Å². The molecule has 0 aromatic heterocycles. The number of hydrogen-bond acceptors (Lipinski definition) is 2. The van der Waals surface area contributed by atoms with Gasteiger partial charge in [0.15, 0.2) is 0 Å². The van der Waals surface area contributed by atoms with Gasteiger partial charge in [-0.25, -0.2) is 4.39 Å². The molecule has 0 unspecified atom stereocenters. The van der Waals surface area contributed by atoms with Crippen molar-refractivity contribution >= 4 is 29.1 Å². The first-order valence-corrected chi connectivity index (χ1v) is 7.35. The minimum absolute atomic E-state index is 0.0306. The van der Waals surface area contributed by atoms with Gasteiger partial charge in [-0.15, -0.1) is 0 Å². The molecule has 0 spiro atoms. The van der Waals surface area contributed by atoms with E-state index in [1.807, 2.05) is 6.92 Å². The number of carbonyl (C=O) groups excluding carboxylic acids is 1. The number of halogens is 3. The van der Waals surface area contributed by atoms with Crippen molar-refractivity contribution in [1.82, 2.24) is 4.90 Å². The van der Waals surface area contributed by atoms with E-state index in [4.69, 9.17) is 28.9 Å². The van der Waals surface area contributed by atoms with Crippen LogP contribution in [0.1, 0.15) is 30.1 Å². The van der Waals surface area contributed by atoms with Gasteiger partial charge in [0.2, 0.25) is 0 Å². The first-order valence-electron chi connectivity index (χ1n) is 6.59. The molecule has 20 heavy (non-hydrogen) atoms. The van der Waals surface area contributed by atoms with Gasteiger partial charge in [0.1, 0.15) is 5.82 Å². The fraction of sp³-hybridized carbons (Fsp3) is 0.500. The maximum Gasteiger partial charge on any atom is 0.255 e. The molecule has 0 bridgehead atoms. The van der Waals surface area contributed by atoms with Crippen LogP contribution >= 0.6 is 23.2 Å². The molecule has 0 aliphatic carbocycles. The fourth-order valence-corrected chi connectivity index (χ4v) is 2.94. The number of likely N-dealkylation sites (tertiary alicyclic amines) is 1. The second-order valence-electron chi connectivity index (χ2n) is 5.26. The molecular formula is C14H17Cl2FN2O. The maximum atomic E-state index is 13.5. The van der Waals surface area contributed by atoms with Gasteiger partial charge < -0.3 is 10.6 Å². The smallest absolute Gasteiger partial charge is 0.255 e. The number of rotatable bonds is 2. The molecule has 2 rings (SSSR count). The standard InChI is InChI=1S/C14H17Cl2FN2O/c1-8(18)9-3-2-4-19(7-9)14(20)10-5-13(17)12(16)6-11(10)15/h5-6,8-9H,2-4,7,18H2,1H3/t8-,9-/m1/s1. The first-order chi connectivity index (χ1) is 9.40. The van der Waals surface area contributed by atoms with Crippen molar-refractivity contribution in [3.8, 4) is 0 Å². The van der Waals surface area contributed by atoms with Crippen molar-refractivity contribution in [3.63, 3.8) is 0 Å². The third-order valence-electron chi connectivity index (χ3n) is 3.73. The number of piperidine rings is 1. The summed E-state index contributed by atoms with van der Waals surface area (Å²) in [5, 5.41) is 0.0861. The Hall–Kier alpha value is -0.840. The molecular weight excluding hydrogens is 302 g/mol. The molecule has 0 saturated carbocycles. The Kier molecular flexibility index (Phi) is 4.89. The number of nitrogens with zero attached hydrogens (tertiary/aromatic N) is 1. The molecule has 110 valence electrons. The number of carbonyl (C=O) groups is 1. The number of hydrogen-bond donors (Lipinski definition) is 1. The highest BCUT2D eigenvalue weighted by atomic mass is 35.5. The van der Waals surface area contributed by atoms with E-state index >= 15 is 0 Å². The molecule has 6 heteroatoms. The Morgan fingerprint density at radius 2 is 2.15 bits per heavy atom. The van der Waals surface area contributed by atoms with Crippen LogP contribution < -0.4 is 5.73 Å². The second kappa shape index (κ2) is 6.29. The highest BCUT2D eigenvalue weighted by Gasteiger charge is 2.28. The van der Waals surface area contributed by atoms with E-state index in [0.29, 0.717) is 13.1 Å². The van der Waals surface area contributed by atoms with E-state index in [-0.39, 0.29) is 33.5 Å². The van der Waals surface area contributed by atoms with Crippen molar-refractivity contribution in [1.29, 1.82) is 0 Å². The van der Waals surface area contributed by atoms with E-state index in [1.54, 1.807) is 4.90 Å². The van der Waals surface area contributed by atoms with E-state index in [1.165, 1.54) is 6.07 Å². The third kappa shape index (κ3) is 3.25. The van der Waals surface area contributed by atoms with E-state index in [9.17, 15) is 9.18 Å². The van der Waals surface area contributed by atoms with Gasteiger partial charge in [-0.2, -0.15) is 0 Å². The summed E-state index contributed by atoms with van der Waals surface area (Å²) in [6.45, 7) is 3.16. The minimum Gasteiger partial charge on any atom is -0.338 e. The van der Waals surface area contributed by atoms with Crippen LogP contribution in [0.4, 0.5) is 4.39 Å². The molecule has 1 amide bonds. The zero-order valence-electron chi connectivity index (χ0n) is 11.2. The molecule has 2 N–H and O–H groups in total. The summed E-state index contributed by atoms with van der Waals surface area (Å²) in [6.07, 6.45) is 1.90. The number of nitrogens with two attached hydrogens (primary N) is 1. The quantitative estimate of drug-likeness (QED) is 0.850. The zero-order chi connectivity index (χ0) is 14.9. The van der Waals surface area contributed by atoms with Crippen LogP contribution in [0.25, 0.3) is 0 Å². The minimum atomic E-state index is -0.639. The zero-order valence-corrected chi connectivity index (χ0v) is 12.7. The molecule has 1 aliphatic rings. The Bertz CT molecular complexity index is 522. The summed E-state index contributed by atoms with van der Waals surface area (Å²) in [7, 11) is 0. The summed E-state index contributed by atoms with van der Waals surface area (Å²) in [6, 6.07) is 2.39. The average molecular weight is 319 g/mol. The highest BCUT2D eigenvalue weighted by molar-refractivity contribution is 6.36. The lowest BCUT2D eigenvalue weighted by Crippen LogP contribution is -2.45. The topological polar surface area (TPSA) is 46.3 Å². The van der Waals surface area contributed by atoms with Crippen LogP contribution in [0.15, 0.2) is 12.1 Å². The molecule has 1 aliphatic heterocycles. The normalized spacial score (nSPS) is 20.9. The lowest BCUT2D eigenvalue weighted by atomic mass is 9.92. The van der Waals surface area contributed by atoms with Crippen molar-refractivity contribution in [2.45, 2.75) is 25.8 Å². The van der Waals surface area contributed by atoms with Crippen molar-refractivity contribution in [2.75, 3.05) is 13.1 Å². The molecule has 1 fully saturated rings. The van der Waals surface area contributed by atoms with E-state index in [0.717, 1.165) is 18.9 Å². The van der Waals surface area contributed by atoms with Crippen LogP contribution in [0.3, 0.4) is 0 Å². The van der Waals surface area contributed by atoms with Gasteiger partial charge >= 0.3 is 0 Å². The largest absolute Gasteiger partial charge is 0.338 e. The third-order valence-corrected chi connectivity index (χ3v) is 4.33. The SMILES string of the molecule is C[C@@H](N)[C@@H]1CCCN(C(=O)c2cc(F)c(Cl)cc2Cl)C1. The lowest BCUT2D eigenvalue weighted by Gasteiger charge is -2.34. The van der Waals surface area contributed by atoms with Crippen molar-refractivity contribution < 1.29 is 9.18 Å². The van der Waals surface area contributed by atoms with Crippen LogP contribution in [0.5, 0.6) is 0 Å². The molecule has 1 aromatic rings. The number of amides is 1. The van der Waals surface area contributed by atoms with Gasteiger partial charge in [-0.05, 0) is 37.8 Å². The average Bonchev–Trinajstić information content (AvgIpc) is 2.42. The Morgan fingerprint density at radius 1 is 1.45 bits per heavy atom. The molecule has 0 radical (unpaired) electrons.